The van der Waals surface area contributed by atoms with Crippen molar-refractivity contribution in [3.8, 4) is 0 Å². The molecule has 6 heteroatoms. The maximum absolute atomic E-state index is 3.45. The van der Waals surface area contributed by atoms with Gasteiger partial charge in [0.2, 0.25) is 0 Å². The van der Waals surface area contributed by atoms with E-state index >= 15 is 0 Å². The molecule has 4 aliphatic rings. The molecule has 0 nitrogen and oxygen atoms in total. The van der Waals surface area contributed by atoms with Crippen molar-refractivity contribution in [1.29, 1.82) is 0 Å². The Morgan fingerprint density at radius 2 is 0.833 bits per heavy atom. The van der Waals surface area contributed by atoms with E-state index in [0.717, 1.165) is 0 Å². The summed E-state index contributed by atoms with van der Waals surface area (Å²) in [4.78, 5) is 0. The summed E-state index contributed by atoms with van der Waals surface area (Å²) in [7, 11) is -0.367. The van der Waals surface area contributed by atoms with Crippen LogP contribution >= 0.6 is 15.8 Å². The van der Waals surface area contributed by atoms with Gasteiger partial charge in [0.15, 0.2) is 0 Å². The third-order valence-electron chi connectivity index (χ3n) is 8.27. The van der Waals surface area contributed by atoms with Crippen LogP contribution in [0.4, 0.5) is 0 Å². The molecule has 0 radical (unpaired) electrons. The molecule has 2 heterocycles. The molecule has 0 saturated carbocycles. The fourth-order valence-electron chi connectivity index (χ4n) is 6.22. The van der Waals surface area contributed by atoms with Gasteiger partial charge >= 0.3 is 99.8 Å². The molecule has 2 aliphatic carbocycles. The first-order valence-corrected chi connectivity index (χ1v) is 23.9. The summed E-state index contributed by atoms with van der Waals surface area (Å²) >= 11 is 1.64. The Hall–Kier alpha value is -2.14. The zero-order valence-electron chi connectivity index (χ0n) is 27.7. The summed E-state index contributed by atoms with van der Waals surface area (Å²) in [5, 5.41) is 9.04. The van der Waals surface area contributed by atoms with Crippen molar-refractivity contribution in [3.05, 3.63) is 191 Å². The summed E-state index contributed by atoms with van der Waals surface area (Å²) < 4.78 is 0. The predicted molar refractivity (Wildman–Crippen MR) is 200 cm³/mol. The Kier molecular flexibility index (Phi) is 14.7. The van der Waals surface area contributed by atoms with E-state index in [1.54, 1.807) is 23.3 Å². The van der Waals surface area contributed by atoms with Gasteiger partial charge in [0.25, 0.3) is 0 Å². The van der Waals surface area contributed by atoms with Gasteiger partial charge in [-0.2, -0.15) is 35.5 Å². The van der Waals surface area contributed by atoms with E-state index in [-0.39, 0.29) is 40.7 Å². The van der Waals surface area contributed by atoms with Crippen LogP contribution < -0.4 is 45.8 Å². The monoisotopic (exact) mass is 792 g/mol. The first kappa shape index (κ1) is 38.7. The number of rotatable bonds is 4. The van der Waals surface area contributed by atoms with E-state index in [9.17, 15) is 0 Å². The van der Waals surface area contributed by atoms with Gasteiger partial charge in [-0.3, -0.25) is 0 Å². The molecule has 0 spiro atoms. The molecule has 4 aromatic rings. The van der Waals surface area contributed by atoms with Gasteiger partial charge in [-0.05, 0) is 21.9 Å². The van der Waals surface area contributed by atoms with Crippen molar-refractivity contribution in [2.45, 2.75) is 39.0 Å². The molecule has 0 bridgehead atoms. The number of allylic oxidation sites excluding steroid dienone is 12. The first-order chi connectivity index (χ1) is 22.4. The van der Waals surface area contributed by atoms with Crippen LogP contribution in [0.2, 0.25) is 0 Å². The fourth-order valence-corrected chi connectivity index (χ4v) is 15.5. The van der Waals surface area contributed by atoms with Gasteiger partial charge in [-0.15, -0.1) is 33.9 Å². The third-order valence-corrected chi connectivity index (χ3v) is 19.8. The molecular weight excluding hydrogens is 757 g/mol. The van der Waals surface area contributed by atoms with Crippen LogP contribution in [0.25, 0.3) is 0 Å². The van der Waals surface area contributed by atoms with Gasteiger partial charge in [0.05, 0.1) is 0 Å². The molecule has 0 aromatic heterocycles. The third kappa shape index (κ3) is 9.15. The van der Waals surface area contributed by atoms with E-state index in [1.807, 2.05) is 0 Å². The molecule has 0 fully saturated rings. The van der Waals surface area contributed by atoms with Crippen molar-refractivity contribution < 1.29 is 48.1 Å². The number of benzene rings is 4. The van der Waals surface area contributed by atoms with Crippen molar-refractivity contribution in [2.24, 2.45) is 0 Å². The van der Waals surface area contributed by atoms with Crippen molar-refractivity contribution in [3.63, 3.8) is 0 Å². The normalized spacial score (nSPS) is 21.0. The van der Waals surface area contributed by atoms with E-state index < -0.39 is 5.43 Å². The standard InChI is InChI=1S/2C15H14P.C12H10Si.2ClH.Zr/c2*1-11-8-13-10-12(2)16(15(13)9-11)14-6-4-3-5-7-14;1-3-7-11(8-4-1)13-12-9-5-2-6-10-12;;;/h2*3-7,9-10,12H,1-2H3;1-10H;2*1H;/q2*-1;;;;+2/p-2. The maximum atomic E-state index is 3.45. The molecule has 4 aromatic carbocycles. The first-order valence-electron chi connectivity index (χ1n) is 15.9. The fraction of sp³-hybridized carbons (Fsp3) is 0.143. The Morgan fingerprint density at radius 1 is 0.521 bits per heavy atom. The van der Waals surface area contributed by atoms with Gasteiger partial charge in [0.1, 0.15) is 0 Å². The van der Waals surface area contributed by atoms with Crippen LogP contribution in [-0.2, 0) is 23.3 Å². The minimum absolute atomic E-state index is 0. The van der Waals surface area contributed by atoms with Crippen LogP contribution in [0.15, 0.2) is 179 Å². The van der Waals surface area contributed by atoms with Crippen molar-refractivity contribution >= 4 is 42.3 Å². The Balaban J connectivity index is 0.000000160. The van der Waals surface area contributed by atoms with Crippen LogP contribution in [-0.4, -0.2) is 16.8 Å². The zero-order valence-corrected chi connectivity index (χ0v) is 34.4. The molecule has 240 valence electrons. The molecule has 0 N–H and O–H groups in total. The predicted octanol–water partition coefficient (Wildman–Crippen LogP) is 2.89. The van der Waals surface area contributed by atoms with Crippen molar-refractivity contribution in [2.75, 3.05) is 0 Å². The van der Waals surface area contributed by atoms with Gasteiger partial charge < -0.3 is 24.8 Å². The molecule has 48 heavy (non-hydrogen) atoms. The van der Waals surface area contributed by atoms with Gasteiger partial charge in [-0.1, -0.05) is 104 Å². The summed E-state index contributed by atoms with van der Waals surface area (Å²) in [5.41, 5.74) is 6.09. The molecule has 2 aliphatic heterocycles. The summed E-state index contributed by atoms with van der Waals surface area (Å²) in [6, 6.07) is 43.5. The van der Waals surface area contributed by atoms with Gasteiger partial charge in [0, 0.05) is 0 Å². The number of fused-ring (bicyclic) bond motifs is 2. The van der Waals surface area contributed by atoms with Crippen LogP contribution in [0.3, 0.4) is 0 Å². The van der Waals surface area contributed by atoms with E-state index in [0.29, 0.717) is 11.3 Å². The number of halogens is 2. The van der Waals surface area contributed by atoms with Gasteiger partial charge in [-0.25, -0.2) is 0 Å². The molecule has 4 atom stereocenters. The topological polar surface area (TPSA) is 0 Å². The Bertz CT molecular complexity index is 1760. The molecule has 4 unspecified atom stereocenters. The second-order valence-corrected chi connectivity index (χ2v) is 22.5. The summed E-state index contributed by atoms with van der Waals surface area (Å²) in [5.74, 6) is 0. The van der Waals surface area contributed by atoms with E-state index in [2.05, 4.69) is 185 Å². The average Bonchev–Trinajstić information content (AvgIpc) is 3.80. The zero-order chi connectivity index (χ0) is 32.0. The molecule has 8 rings (SSSR count). The Labute approximate surface area is 317 Å². The van der Waals surface area contributed by atoms with Crippen LogP contribution in [0, 0.1) is 12.2 Å². The van der Waals surface area contributed by atoms with Crippen LogP contribution in [0.1, 0.15) is 27.7 Å². The van der Waals surface area contributed by atoms with Crippen molar-refractivity contribution in [1.82, 2.24) is 0 Å². The average molecular weight is 795 g/mol. The second kappa shape index (κ2) is 18.2. The second-order valence-electron chi connectivity index (χ2n) is 11.8. The summed E-state index contributed by atoms with van der Waals surface area (Å²) in [6.07, 6.45) is 16.3. The minimum atomic E-state index is -0.455. The SMILES string of the molecule is CC1=[C-]C2=CC(C)P(c3ccccc3)C2=C1.CC1=[C-]C2=CC(C)P(c3ccccc3)C2=C1.[Cl-].[Cl-].[Zr+2]=[Si](c1ccccc1)c1ccccc1. The quantitative estimate of drug-likeness (QED) is 0.170. The molecular formula is C42H38Cl2P2SiZr-2. The van der Waals surface area contributed by atoms with Crippen LogP contribution in [0.5, 0.6) is 0 Å². The molecule has 0 amide bonds. The number of hydrogen-bond donors (Lipinski definition) is 0. The van der Waals surface area contributed by atoms with E-state index in [4.69, 9.17) is 0 Å². The number of hydrogen-bond acceptors (Lipinski definition) is 0. The molecule has 0 saturated heterocycles. The summed E-state index contributed by atoms with van der Waals surface area (Å²) in [6.45, 7) is 8.91. The Morgan fingerprint density at radius 3 is 1.17 bits per heavy atom. The van der Waals surface area contributed by atoms with E-state index in [1.165, 1.54) is 53.9 Å².